The van der Waals surface area contributed by atoms with Gasteiger partial charge in [-0.05, 0) is 43.5 Å². The number of benzene rings is 1. The topological polar surface area (TPSA) is 108 Å². The Morgan fingerprint density at radius 3 is 2.94 bits per heavy atom. The van der Waals surface area contributed by atoms with E-state index in [0.717, 1.165) is 22.5 Å². The molecule has 10 heteroatoms. The van der Waals surface area contributed by atoms with E-state index in [2.05, 4.69) is 35.7 Å². The van der Waals surface area contributed by atoms with Gasteiger partial charge < -0.3 is 15.0 Å². The third kappa shape index (κ3) is 4.40. The van der Waals surface area contributed by atoms with Crippen LogP contribution in [0.5, 0.6) is 0 Å². The summed E-state index contributed by atoms with van der Waals surface area (Å²) in [5.74, 6) is 2.14. The predicted molar refractivity (Wildman–Crippen MR) is 119 cm³/mol. The van der Waals surface area contributed by atoms with Gasteiger partial charge in [-0.15, -0.1) is 0 Å². The lowest BCUT2D eigenvalue weighted by Crippen LogP contribution is -2.33. The summed E-state index contributed by atoms with van der Waals surface area (Å²) in [6.07, 6.45) is 5.74. The number of rotatable bonds is 9. The largest absolute Gasteiger partial charge is 0.380 e. The zero-order valence-electron chi connectivity index (χ0n) is 18.0. The maximum Gasteiger partial charge on any atom is 0.227 e. The minimum absolute atomic E-state index is 0.0731. The lowest BCUT2D eigenvalue weighted by Gasteiger charge is -2.26. The van der Waals surface area contributed by atoms with Crippen LogP contribution in [0.25, 0.3) is 10.9 Å². The van der Waals surface area contributed by atoms with Crippen molar-refractivity contribution in [2.24, 2.45) is 0 Å². The van der Waals surface area contributed by atoms with Gasteiger partial charge in [0.2, 0.25) is 5.95 Å². The van der Waals surface area contributed by atoms with Crippen molar-refractivity contribution < 1.29 is 9.13 Å². The lowest BCUT2D eigenvalue weighted by molar-refractivity contribution is 0.122. The Balaban J connectivity index is 1.42. The minimum Gasteiger partial charge on any atom is -0.380 e. The first-order chi connectivity index (χ1) is 15.6. The molecule has 0 spiro atoms. The summed E-state index contributed by atoms with van der Waals surface area (Å²) in [5, 5.41) is 18.4. The summed E-state index contributed by atoms with van der Waals surface area (Å²) in [4.78, 5) is 11.1. The average molecular weight is 436 g/mol. The lowest BCUT2D eigenvalue weighted by atomic mass is 10.1. The molecule has 3 heterocycles. The SMILES string of the molecule is CO[C@@H](C)CN(Cc1cc(F)cc2[nH]ncc12)c1nccc(Nc2cc(C3CC3)[nH]n2)n1. The Morgan fingerprint density at radius 1 is 1.25 bits per heavy atom. The number of ether oxygens (including phenoxy) is 1. The highest BCUT2D eigenvalue weighted by Crippen LogP contribution is 2.39. The third-order valence-electron chi connectivity index (χ3n) is 5.65. The maximum absolute atomic E-state index is 14.2. The van der Waals surface area contributed by atoms with E-state index in [1.807, 2.05) is 17.9 Å². The molecule has 1 aliphatic carbocycles. The zero-order valence-corrected chi connectivity index (χ0v) is 18.0. The van der Waals surface area contributed by atoms with E-state index >= 15 is 0 Å². The van der Waals surface area contributed by atoms with Crippen molar-refractivity contribution in [1.29, 1.82) is 0 Å². The van der Waals surface area contributed by atoms with Gasteiger partial charge >= 0.3 is 0 Å². The Hall–Kier alpha value is -3.53. The van der Waals surface area contributed by atoms with Crippen molar-refractivity contribution in [3.63, 3.8) is 0 Å². The number of anilines is 3. The number of hydrogen-bond acceptors (Lipinski definition) is 7. The summed E-state index contributed by atoms with van der Waals surface area (Å²) < 4.78 is 19.7. The number of methoxy groups -OCH3 is 1. The molecule has 3 aromatic heterocycles. The molecule has 1 saturated carbocycles. The average Bonchev–Trinajstić information content (AvgIpc) is 3.35. The van der Waals surface area contributed by atoms with E-state index in [1.165, 1.54) is 25.0 Å². The molecule has 1 atom stereocenters. The molecule has 9 nitrogen and oxygen atoms in total. The number of halogens is 1. The third-order valence-corrected chi connectivity index (χ3v) is 5.65. The second-order valence-electron chi connectivity index (χ2n) is 8.17. The molecule has 0 aliphatic heterocycles. The monoisotopic (exact) mass is 436 g/mol. The van der Waals surface area contributed by atoms with Crippen LogP contribution < -0.4 is 10.2 Å². The Labute approximate surface area is 184 Å². The van der Waals surface area contributed by atoms with E-state index in [0.29, 0.717) is 36.3 Å². The van der Waals surface area contributed by atoms with Crippen LogP contribution in [0.15, 0.2) is 36.7 Å². The highest BCUT2D eigenvalue weighted by Gasteiger charge is 2.25. The number of nitrogens with zero attached hydrogens (tertiary/aromatic N) is 5. The van der Waals surface area contributed by atoms with E-state index in [9.17, 15) is 4.39 Å². The molecule has 1 fully saturated rings. The number of hydrogen-bond donors (Lipinski definition) is 3. The van der Waals surface area contributed by atoms with Crippen LogP contribution in [0.2, 0.25) is 0 Å². The van der Waals surface area contributed by atoms with E-state index < -0.39 is 0 Å². The van der Waals surface area contributed by atoms with Crippen molar-refractivity contribution in [2.45, 2.75) is 38.3 Å². The molecule has 32 heavy (non-hydrogen) atoms. The van der Waals surface area contributed by atoms with Crippen molar-refractivity contribution >= 4 is 28.5 Å². The van der Waals surface area contributed by atoms with E-state index in [1.54, 1.807) is 25.6 Å². The van der Waals surface area contributed by atoms with E-state index in [-0.39, 0.29) is 11.9 Å². The van der Waals surface area contributed by atoms with Crippen molar-refractivity contribution in [3.05, 3.63) is 53.7 Å². The molecular weight excluding hydrogens is 411 g/mol. The van der Waals surface area contributed by atoms with E-state index in [4.69, 9.17) is 4.74 Å². The molecule has 166 valence electrons. The van der Waals surface area contributed by atoms with Gasteiger partial charge in [0, 0.05) is 49.5 Å². The molecule has 4 aromatic rings. The number of nitrogens with one attached hydrogen (secondary N) is 3. The summed E-state index contributed by atoms with van der Waals surface area (Å²) in [5.41, 5.74) is 2.59. The fraction of sp³-hybridized carbons (Fsp3) is 0.364. The summed E-state index contributed by atoms with van der Waals surface area (Å²) in [6.45, 7) is 2.90. The molecule has 0 bridgehead atoms. The molecular formula is C22H25FN8O. The van der Waals surface area contributed by atoms with Gasteiger partial charge in [0.05, 0.1) is 17.8 Å². The minimum atomic E-state index is -0.321. The normalized spacial score (nSPS) is 14.6. The van der Waals surface area contributed by atoms with Crippen LogP contribution in [0, 0.1) is 5.82 Å². The van der Waals surface area contributed by atoms with Crippen LogP contribution in [-0.2, 0) is 11.3 Å². The van der Waals surface area contributed by atoms with Crippen molar-refractivity contribution in [2.75, 3.05) is 23.9 Å². The fourth-order valence-electron chi connectivity index (χ4n) is 3.73. The van der Waals surface area contributed by atoms with Crippen LogP contribution in [0.1, 0.15) is 36.9 Å². The van der Waals surface area contributed by atoms with Crippen LogP contribution in [-0.4, -0.2) is 50.1 Å². The first-order valence-corrected chi connectivity index (χ1v) is 10.6. The van der Waals surface area contributed by atoms with Crippen LogP contribution >= 0.6 is 0 Å². The zero-order chi connectivity index (χ0) is 22.1. The van der Waals surface area contributed by atoms with Gasteiger partial charge in [-0.25, -0.2) is 9.37 Å². The second-order valence-corrected chi connectivity index (χ2v) is 8.17. The summed E-state index contributed by atoms with van der Waals surface area (Å²) in [7, 11) is 1.66. The first-order valence-electron chi connectivity index (χ1n) is 10.6. The summed E-state index contributed by atoms with van der Waals surface area (Å²) in [6, 6.07) is 6.78. The molecule has 5 rings (SSSR count). The number of fused-ring (bicyclic) bond motifs is 1. The van der Waals surface area contributed by atoms with Gasteiger partial charge in [0.15, 0.2) is 5.82 Å². The quantitative estimate of drug-likeness (QED) is 0.365. The van der Waals surface area contributed by atoms with Gasteiger partial charge in [-0.1, -0.05) is 0 Å². The molecule has 0 amide bonds. The summed E-state index contributed by atoms with van der Waals surface area (Å²) >= 11 is 0. The van der Waals surface area contributed by atoms with Crippen molar-refractivity contribution in [1.82, 2.24) is 30.4 Å². The van der Waals surface area contributed by atoms with Crippen LogP contribution in [0.3, 0.4) is 0 Å². The standard InChI is InChI=1S/C22H25FN8O/c1-13(32-2)11-31(12-15-7-16(23)8-19-17(15)10-25-28-19)22-24-6-5-20(27-22)26-21-9-18(29-30-21)14-3-4-14/h5-10,13-14H,3-4,11-12H2,1-2H3,(H,25,28)(H2,24,26,27,29,30)/t13-/m0/s1. The Kier molecular flexibility index (Phi) is 5.44. The van der Waals surface area contributed by atoms with Crippen LogP contribution in [0.4, 0.5) is 22.0 Å². The van der Waals surface area contributed by atoms with Gasteiger partial charge in [-0.3, -0.25) is 10.2 Å². The van der Waals surface area contributed by atoms with Gasteiger partial charge in [-0.2, -0.15) is 15.2 Å². The highest BCUT2D eigenvalue weighted by atomic mass is 19.1. The molecule has 0 saturated heterocycles. The molecule has 0 unspecified atom stereocenters. The molecule has 0 radical (unpaired) electrons. The molecule has 3 N–H and O–H groups in total. The van der Waals surface area contributed by atoms with Crippen molar-refractivity contribution in [3.8, 4) is 0 Å². The maximum atomic E-state index is 14.2. The Bertz CT molecular complexity index is 1220. The number of aromatic nitrogens is 6. The second kappa shape index (κ2) is 8.54. The van der Waals surface area contributed by atoms with Gasteiger partial charge in [0.1, 0.15) is 11.6 Å². The molecule has 1 aliphatic rings. The number of aromatic amines is 2. The van der Waals surface area contributed by atoms with Gasteiger partial charge in [0.25, 0.3) is 0 Å². The number of H-pyrrole nitrogens is 2. The molecule has 1 aromatic carbocycles. The fourth-order valence-corrected chi connectivity index (χ4v) is 3.73. The predicted octanol–water partition coefficient (Wildman–Crippen LogP) is 3.88. The first kappa shape index (κ1) is 20.4. The smallest absolute Gasteiger partial charge is 0.227 e. The highest BCUT2D eigenvalue weighted by molar-refractivity contribution is 5.82. The Morgan fingerprint density at radius 2 is 2.12 bits per heavy atom.